The third-order valence-corrected chi connectivity index (χ3v) is 4.95. The number of thiophene rings is 1. The van der Waals surface area contributed by atoms with Crippen LogP contribution >= 0.6 is 11.3 Å². The molecule has 2 heterocycles. The van der Waals surface area contributed by atoms with E-state index in [1.165, 1.54) is 16.9 Å². The molecule has 0 spiro atoms. The molecule has 6 heteroatoms. The normalized spacial score (nSPS) is 17.8. The lowest BCUT2D eigenvalue weighted by Gasteiger charge is -2.18. The first-order valence-corrected chi connectivity index (χ1v) is 7.70. The van der Waals surface area contributed by atoms with Crippen molar-refractivity contribution in [2.24, 2.45) is 5.92 Å². The Balaban J connectivity index is 1.98. The van der Waals surface area contributed by atoms with Gasteiger partial charge in [0.2, 0.25) is 5.91 Å². The molecule has 0 saturated carbocycles. The molecule has 1 aliphatic rings. The Morgan fingerprint density at radius 2 is 2.35 bits per heavy atom. The van der Waals surface area contributed by atoms with Crippen LogP contribution in [0.5, 0.6) is 0 Å². The summed E-state index contributed by atoms with van der Waals surface area (Å²) in [5.74, 6) is 1.48. The summed E-state index contributed by atoms with van der Waals surface area (Å²) in [5, 5.41) is 6.85. The van der Waals surface area contributed by atoms with E-state index in [9.17, 15) is 4.79 Å². The smallest absolute Gasteiger partial charge is 0.239 e. The van der Waals surface area contributed by atoms with Crippen molar-refractivity contribution in [3.63, 3.8) is 0 Å². The van der Waals surface area contributed by atoms with Gasteiger partial charge in [0.05, 0.1) is 11.9 Å². The van der Waals surface area contributed by atoms with Crippen LogP contribution in [0.25, 0.3) is 10.2 Å². The van der Waals surface area contributed by atoms with Crippen molar-refractivity contribution in [3.8, 4) is 0 Å². The molecular weight excluding hydrogens is 272 g/mol. The highest BCUT2D eigenvalue weighted by atomic mass is 32.1. The van der Waals surface area contributed by atoms with Crippen LogP contribution in [0.1, 0.15) is 23.8 Å². The van der Waals surface area contributed by atoms with Gasteiger partial charge in [-0.25, -0.2) is 9.97 Å². The second-order valence-corrected chi connectivity index (χ2v) is 6.36. The van der Waals surface area contributed by atoms with Crippen LogP contribution in [0.3, 0.4) is 0 Å². The summed E-state index contributed by atoms with van der Waals surface area (Å²) in [7, 11) is 1.63. The Hall–Kier alpha value is -1.69. The van der Waals surface area contributed by atoms with E-state index in [1.54, 1.807) is 24.7 Å². The maximum atomic E-state index is 11.4. The van der Waals surface area contributed by atoms with E-state index in [1.807, 2.05) is 0 Å². The molecule has 5 nitrogen and oxygen atoms in total. The average Bonchev–Trinajstić information content (AvgIpc) is 2.82. The van der Waals surface area contributed by atoms with E-state index < -0.39 is 0 Å². The number of anilines is 1. The lowest BCUT2D eigenvalue weighted by atomic mass is 9.89. The van der Waals surface area contributed by atoms with Crippen molar-refractivity contribution in [2.45, 2.75) is 26.2 Å². The van der Waals surface area contributed by atoms with Gasteiger partial charge in [0.25, 0.3) is 0 Å². The summed E-state index contributed by atoms with van der Waals surface area (Å²) in [6.07, 6.45) is 4.99. The molecule has 1 aliphatic carbocycles. The second-order valence-electron chi connectivity index (χ2n) is 5.28. The Kier molecular flexibility index (Phi) is 3.56. The van der Waals surface area contributed by atoms with Gasteiger partial charge in [0.1, 0.15) is 17.0 Å². The number of carbonyl (C=O) groups excluding carboxylic acids is 1. The Labute approximate surface area is 121 Å². The van der Waals surface area contributed by atoms with Crippen molar-refractivity contribution in [1.29, 1.82) is 0 Å². The van der Waals surface area contributed by atoms with Crippen molar-refractivity contribution in [1.82, 2.24) is 15.3 Å². The molecule has 1 atom stereocenters. The Bertz CT molecular complexity index is 652. The standard InChI is InChI=1S/C14H18N4OS/c1-8-3-4-9-10(5-8)20-14-12(9)13(17-7-18-14)16-6-11(19)15-2/h7-8H,3-6H2,1-2H3,(H,15,19)(H,16,17,18)/t8-/m1/s1. The first-order valence-electron chi connectivity index (χ1n) is 6.88. The first-order chi connectivity index (χ1) is 9.69. The van der Waals surface area contributed by atoms with Gasteiger partial charge in [0, 0.05) is 11.9 Å². The number of nitrogens with zero attached hydrogens (tertiary/aromatic N) is 2. The van der Waals surface area contributed by atoms with Gasteiger partial charge in [-0.2, -0.15) is 0 Å². The molecule has 3 rings (SSSR count). The van der Waals surface area contributed by atoms with Gasteiger partial charge in [0.15, 0.2) is 0 Å². The quantitative estimate of drug-likeness (QED) is 0.907. The van der Waals surface area contributed by atoms with Crippen molar-refractivity contribution in [2.75, 3.05) is 18.9 Å². The van der Waals surface area contributed by atoms with Crippen molar-refractivity contribution < 1.29 is 4.79 Å². The second kappa shape index (κ2) is 5.36. The zero-order chi connectivity index (χ0) is 14.1. The van der Waals surface area contributed by atoms with Gasteiger partial charge >= 0.3 is 0 Å². The largest absolute Gasteiger partial charge is 0.360 e. The van der Waals surface area contributed by atoms with E-state index in [-0.39, 0.29) is 12.5 Å². The summed E-state index contributed by atoms with van der Waals surface area (Å²) < 4.78 is 0. The van der Waals surface area contributed by atoms with Crippen LogP contribution in [0, 0.1) is 5.92 Å². The van der Waals surface area contributed by atoms with E-state index in [0.717, 1.165) is 34.8 Å². The highest BCUT2D eigenvalue weighted by molar-refractivity contribution is 7.19. The van der Waals surface area contributed by atoms with Gasteiger partial charge < -0.3 is 10.6 Å². The minimum Gasteiger partial charge on any atom is -0.360 e. The molecule has 2 aromatic heterocycles. The predicted octanol–water partition coefficient (Wildman–Crippen LogP) is 1.97. The van der Waals surface area contributed by atoms with E-state index in [4.69, 9.17) is 0 Å². The number of fused-ring (bicyclic) bond motifs is 3. The van der Waals surface area contributed by atoms with Crippen LogP contribution in [0.2, 0.25) is 0 Å². The van der Waals surface area contributed by atoms with E-state index >= 15 is 0 Å². The SMILES string of the molecule is CNC(=O)CNc1ncnc2sc3c(c12)CC[C@@H](C)C3. The summed E-state index contributed by atoms with van der Waals surface area (Å²) in [5.41, 5.74) is 1.38. The third-order valence-electron chi connectivity index (χ3n) is 3.79. The molecule has 0 unspecified atom stereocenters. The number of likely N-dealkylation sites (N-methyl/N-ethyl adjacent to an activating group) is 1. The minimum atomic E-state index is -0.0468. The monoisotopic (exact) mass is 290 g/mol. The Morgan fingerprint density at radius 3 is 3.15 bits per heavy atom. The van der Waals surface area contributed by atoms with Crippen LogP contribution in [-0.2, 0) is 17.6 Å². The molecule has 0 aliphatic heterocycles. The molecule has 2 N–H and O–H groups in total. The molecule has 20 heavy (non-hydrogen) atoms. The molecule has 2 aromatic rings. The molecule has 1 amide bonds. The van der Waals surface area contributed by atoms with E-state index in [2.05, 4.69) is 27.5 Å². The molecule has 0 aromatic carbocycles. The van der Waals surface area contributed by atoms with Crippen LogP contribution in [-0.4, -0.2) is 29.5 Å². The zero-order valence-corrected chi connectivity index (χ0v) is 12.5. The summed E-state index contributed by atoms with van der Waals surface area (Å²) in [4.78, 5) is 22.5. The highest BCUT2D eigenvalue weighted by Gasteiger charge is 2.23. The van der Waals surface area contributed by atoms with Gasteiger partial charge in [-0.1, -0.05) is 6.92 Å². The number of aryl methyl sites for hydroxylation is 1. The maximum absolute atomic E-state index is 11.4. The average molecular weight is 290 g/mol. The molecular formula is C14H18N4OS. The molecule has 106 valence electrons. The first kappa shape index (κ1) is 13.3. The zero-order valence-electron chi connectivity index (χ0n) is 11.7. The van der Waals surface area contributed by atoms with Crippen molar-refractivity contribution >= 4 is 33.3 Å². The van der Waals surface area contributed by atoms with Crippen LogP contribution in [0.15, 0.2) is 6.33 Å². The van der Waals surface area contributed by atoms with Crippen LogP contribution in [0.4, 0.5) is 5.82 Å². The number of hydrogen-bond acceptors (Lipinski definition) is 5. The topological polar surface area (TPSA) is 66.9 Å². The predicted molar refractivity (Wildman–Crippen MR) is 81.2 cm³/mol. The molecule has 0 saturated heterocycles. The maximum Gasteiger partial charge on any atom is 0.239 e. The number of carbonyl (C=O) groups is 1. The minimum absolute atomic E-state index is 0.0468. The lowest BCUT2D eigenvalue weighted by Crippen LogP contribution is -2.26. The number of amides is 1. The van der Waals surface area contributed by atoms with Gasteiger partial charge in [-0.3, -0.25) is 4.79 Å². The summed E-state index contributed by atoms with van der Waals surface area (Å²) in [6, 6.07) is 0. The molecule has 0 bridgehead atoms. The fourth-order valence-electron chi connectivity index (χ4n) is 2.66. The number of nitrogens with one attached hydrogen (secondary N) is 2. The molecule has 0 fully saturated rings. The number of aromatic nitrogens is 2. The third kappa shape index (κ3) is 2.35. The lowest BCUT2D eigenvalue weighted by molar-refractivity contribution is -0.118. The number of rotatable bonds is 3. The van der Waals surface area contributed by atoms with Gasteiger partial charge in [-0.15, -0.1) is 11.3 Å². The van der Waals surface area contributed by atoms with E-state index in [0.29, 0.717) is 0 Å². The summed E-state index contributed by atoms with van der Waals surface area (Å²) >= 11 is 1.77. The van der Waals surface area contributed by atoms with Crippen LogP contribution < -0.4 is 10.6 Å². The highest BCUT2D eigenvalue weighted by Crippen LogP contribution is 2.39. The fourth-order valence-corrected chi connectivity index (χ4v) is 4.01. The van der Waals surface area contributed by atoms with Crippen molar-refractivity contribution in [3.05, 3.63) is 16.8 Å². The fraction of sp³-hybridized carbons (Fsp3) is 0.500. The van der Waals surface area contributed by atoms with Gasteiger partial charge in [-0.05, 0) is 30.7 Å². The number of hydrogen-bond donors (Lipinski definition) is 2. The Morgan fingerprint density at radius 1 is 1.50 bits per heavy atom. The summed E-state index contributed by atoms with van der Waals surface area (Å²) in [6.45, 7) is 2.54. The molecule has 0 radical (unpaired) electrons.